The van der Waals surface area contributed by atoms with Gasteiger partial charge in [-0.05, 0) is 18.8 Å². The van der Waals surface area contributed by atoms with E-state index < -0.39 is 0 Å². The highest BCUT2D eigenvalue weighted by Crippen LogP contribution is 2.27. The number of rotatable bonds is 2. The fourth-order valence-electron chi connectivity index (χ4n) is 1.48. The van der Waals surface area contributed by atoms with Crippen molar-refractivity contribution < 1.29 is 9.53 Å². The van der Waals surface area contributed by atoms with Gasteiger partial charge in [-0.2, -0.15) is 0 Å². The molecule has 0 heterocycles. The minimum atomic E-state index is -0.0798. The lowest BCUT2D eigenvalue weighted by Crippen LogP contribution is -2.27. The lowest BCUT2D eigenvalue weighted by atomic mass is 9.84. The van der Waals surface area contributed by atoms with Gasteiger partial charge in [0.25, 0.3) is 0 Å². The molecule has 0 amide bonds. The Morgan fingerprint density at radius 3 is 2.83 bits per heavy atom. The molecule has 0 bridgehead atoms. The van der Waals surface area contributed by atoms with E-state index in [-0.39, 0.29) is 11.9 Å². The van der Waals surface area contributed by atoms with Gasteiger partial charge in [-0.3, -0.25) is 4.79 Å². The molecule has 12 heavy (non-hydrogen) atoms. The van der Waals surface area contributed by atoms with E-state index in [4.69, 9.17) is 4.74 Å². The fraction of sp³-hybridized carbons (Fsp3) is 0.667. The molecule has 0 N–H and O–H groups in total. The summed E-state index contributed by atoms with van der Waals surface area (Å²) in [7, 11) is 1.45. The molecule has 0 spiro atoms. The SMILES string of the molecule is COC(=O)C1CC=CCC1CBr. The molecule has 0 aromatic heterocycles. The number of esters is 1. The zero-order chi connectivity index (χ0) is 8.97. The van der Waals surface area contributed by atoms with Crippen molar-refractivity contribution in [2.75, 3.05) is 12.4 Å². The number of halogens is 1. The van der Waals surface area contributed by atoms with Gasteiger partial charge >= 0.3 is 5.97 Å². The number of carbonyl (C=O) groups excluding carboxylic acids is 1. The van der Waals surface area contributed by atoms with Crippen molar-refractivity contribution in [1.29, 1.82) is 0 Å². The lowest BCUT2D eigenvalue weighted by Gasteiger charge is -2.24. The molecule has 0 radical (unpaired) electrons. The summed E-state index contributed by atoms with van der Waals surface area (Å²) in [6.07, 6.45) is 5.99. The average Bonchev–Trinajstić information content (AvgIpc) is 2.16. The maximum Gasteiger partial charge on any atom is 0.309 e. The van der Waals surface area contributed by atoms with Crippen molar-refractivity contribution in [2.24, 2.45) is 11.8 Å². The molecule has 0 aliphatic heterocycles. The third kappa shape index (κ3) is 2.09. The Labute approximate surface area is 81.1 Å². The van der Waals surface area contributed by atoms with Crippen molar-refractivity contribution in [1.82, 2.24) is 0 Å². The maximum atomic E-state index is 11.3. The van der Waals surface area contributed by atoms with Gasteiger partial charge in [0.05, 0.1) is 13.0 Å². The van der Waals surface area contributed by atoms with Gasteiger partial charge in [-0.1, -0.05) is 28.1 Å². The molecule has 2 unspecified atom stereocenters. The molecule has 68 valence electrons. The average molecular weight is 233 g/mol. The number of hydrogen-bond donors (Lipinski definition) is 0. The predicted molar refractivity (Wildman–Crippen MR) is 51.2 cm³/mol. The zero-order valence-electron chi connectivity index (χ0n) is 7.13. The molecular weight excluding hydrogens is 220 g/mol. The number of alkyl halides is 1. The second-order valence-electron chi connectivity index (χ2n) is 2.99. The van der Waals surface area contributed by atoms with Crippen molar-refractivity contribution in [3.05, 3.63) is 12.2 Å². The van der Waals surface area contributed by atoms with Crippen LogP contribution in [0.5, 0.6) is 0 Å². The maximum absolute atomic E-state index is 11.3. The number of allylic oxidation sites excluding steroid dienone is 2. The van der Waals surface area contributed by atoms with Crippen LogP contribution < -0.4 is 0 Å². The van der Waals surface area contributed by atoms with Crippen LogP contribution in [-0.4, -0.2) is 18.4 Å². The number of ether oxygens (including phenoxy) is 1. The molecule has 2 atom stereocenters. The summed E-state index contributed by atoms with van der Waals surface area (Å²) in [6.45, 7) is 0. The molecule has 1 aliphatic rings. The molecule has 0 saturated carbocycles. The first-order valence-electron chi connectivity index (χ1n) is 4.08. The van der Waals surface area contributed by atoms with E-state index in [9.17, 15) is 4.79 Å². The van der Waals surface area contributed by atoms with Crippen molar-refractivity contribution in [2.45, 2.75) is 12.8 Å². The topological polar surface area (TPSA) is 26.3 Å². The Kier molecular flexibility index (Phi) is 3.79. The van der Waals surface area contributed by atoms with Crippen LogP contribution in [0.4, 0.5) is 0 Å². The Morgan fingerprint density at radius 1 is 1.58 bits per heavy atom. The summed E-state index contributed by atoms with van der Waals surface area (Å²) in [4.78, 5) is 11.3. The van der Waals surface area contributed by atoms with Gasteiger partial charge in [-0.25, -0.2) is 0 Å². The highest BCUT2D eigenvalue weighted by Gasteiger charge is 2.28. The third-order valence-electron chi connectivity index (χ3n) is 2.27. The summed E-state index contributed by atoms with van der Waals surface area (Å²) >= 11 is 3.41. The first-order valence-corrected chi connectivity index (χ1v) is 5.20. The monoisotopic (exact) mass is 232 g/mol. The fourth-order valence-corrected chi connectivity index (χ4v) is 2.20. The van der Waals surface area contributed by atoms with Crippen LogP contribution in [0.15, 0.2) is 12.2 Å². The van der Waals surface area contributed by atoms with Crippen LogP contribution in [0.2, 0.25) is 0 Å². The molecule has 0 aromatic carbocycles. The zero-order valence-corrected chi connectivity index (χ0v) is 8.71. The van der Waals surface area contributed by atoms with E-state index in [0.717, 1.165) is 18.2 Å². The van der Waals surface area contributed by atoms with E-state index in [1.165, 1.54) is 7.11 Å². The van der Waals surface area contributed by atoms with E-state index in [0.29, 0.717) is 5.92 Å². The molecule has 3 heteroatoms. The van der Waals surface area contributed by atoms with Crippen LogP contribution in [0.25, 0.3) is 0 Å². The summed E-state index contributed by atoms with van der Waals surface area (Å²) in [6, 6.07) is 0. The Balaban J connectivity index is 2.60. The molecule has 1 rings (SSSR count). The van der Waals surface area contributed by atoms with E-state index >= 15 is 0 Å². The second-order valence-corrected chi connectivity index (χ2v) is 3.63. The molecule has 1 aliphatic carbocycles. The Hall–Kier alpha value is -0.310. The molecule has 0 saturated heterocycles. The number of hydrogen-bond acceptors (Lipinski definition) is 2. The standard InChI is InChI=1S/C9H13BrO2/c1-12-9(11)8-5-3-2-4-7(8)6-10/h2-3,7-8H,4-6H2,1H3. The summed E-state index contributed by atoms with van der Waals surface area (Å²) in [5.41, 5.74) is 0. The Bertz CT molecular complexity index is 189. The first kappa shape index (κ1) is 9.78. The van der Waals surface area contributed by atoms with Gasteiger partial charge in [0, 0.05) is 5.33 Å². The lowest BCUT2D eigenvalue weighted by molar-refractivity contribution is -0.147. The van der Waals surface area contributed by atoms with Gasteiger partial charge in [0.15, 0.2) is 0 Å². The van der Waals surface area contributed by atoms with E-state index in [1.807, 2.05) is 0 Å². The van der Waals surface area contributed by atoms with Crippen LogP contribution in [0, 0.1) is 11.8 Å². The number of carbonyl (C=O) groups is 1. The summed E-state index contributed by atoms with van der Waals surface area (Å²) in [5, 5.41) is 0.872. The van der Waals surface area contributed by atoms with Crippen molar-refractivity contribution >= 4 is 21.9 Å². The minimum Gasteiger partial charge on any atom is -0.469 e. The van der Waals surface area contributed by atoms with Crippen molar-refractivity contribution in [3.8, 4) is 0 Å². The molecular formula is C9H13BrO2. The van der Waals surface area contributed by atoms with Crippen LogP contribution >= 0.6 is 15.9 Å². The normalized spacial score (nSPS) is 28.5. The first-order chi connectivity index (χ1) is 5.79. The van der Waals surface area contributed by atoms with Crippen molar-refractivity contribution in [3.63, 3.8) is 0 Å². The van der Waals surface area contributed by atoms with E-state index in [2.05, 4.69) is 28.1 Å². The largest absolute Gasteiger partial charge is 0.469 e. The highest BCUT2D eigenvalue weighted by atomic mass is 79.9. The van der Waals surface area contributed by atoms with Gasteiger partial charge in [0.2, 0.25) is 0 Å². The van der Waals surface area contributed by atoms with Gasteiger partial charge < -0.3 is 4.74 Å². The molecule has 2 nitrogen and oxygen atoms in total. The summed E-state index contributed by atoms with van der Waals surface area (Å²) in [5.74, 6) is 0.380. The third-order valence-corrected chi connectivity index (χ3v) is 3.10. The minimum absolute atomic E-state index is 0.0550. The quantitative estimate of drug-likeness (QED) is 0.415. The number of methoxy groups -OCH3 is 1. The molecule has 0 fully saturated rings. The second kappa shape index (κ2) is 4.65. The van der Waals surface area contributed by atoms with E-state index in [1.54, 1.807) is 0 Å². The Morgan fingerprint density at radius 2 is 2.25 bits per heavy atom. The highest BCUT2D eigenvalue weighted by molar-refractivity contribution is 9.09. The predicted octanol–water partition coefficient (Wildman–Crippen LogP) is 2.14. The molecule has 0 aromatic rings. The smallest absolute Gasteiger partial charge is 0.309 e. The van der Waals surface area contributed by atoms with Crippen LogP contribution in [0.3, 0.4) is 0 Å². The van der Waals surface area contributed by atoms with Crippen LogP contribution in [0.1, 0.15) is 12.8 Å². The van der Waals surface area contributed by atoms with Gasteiger partial charge in [0.1, 0.15) is 0 Å². The van der Waals surface area contributed by atoms with Gasteiger partial charge in [-0.15, -0.1) is 0 Å². The summed E-state index contributed by atoms with van der Waals surface area (Å²) < 4.78 is 4.73. The van der Waals surface area contributed by atoms with Crippen LogP contribution in [-0.2, 0) is 9.53 Å².